The molecule has 5 aromatic carbocycles. The topological polar surface area (TPSA) is 89.5 Å². The Hall–Kier alpha value is -5.21. The maximum atomic E-state index is 13.5. The highest BCUT2D eigenvalue weighted by atomic mass is 35.5. The van der Waals surface area contributed by atoms with Crippen LogP contribution in [0.15, 0.2) is 97.1 Å². The third-order valence-electron chi connectivity index (χ3n) is 7.51. The molecule has 0 amide bonds. The van der Waals surface area contributed by atoms with Gasteiger partial charge in [0.25, 0.3) is 0 Å². The summed E-state index contributed by atoms with van der Waals surface area (Å²) in [6.07, 6.45) is 3.84. The summed E-state index contributed by atoms with van der Waals surface area (Å²) in [5.41, 5.74) is 0.769. The molecule has 5 aromatic rings. The molecular weight excluding hydrogens is 632 g/mol. The fraction of sp³-hybridized carbons (Fsp3) is 0.231. The number of hydrogen-bond acceptors (Lipinski definition) is 8. The number of carbonyl (C=O) groups excluding carboxylic acids is 2. The molecule has 48 heavy (non-hydrogen) atoms. The van der Waals surface area contributed by atoms with Crippen LogP contribution in [0.2, 0.25) is 5.02 Å². The van der Waals surface area contributed by atoms with Crippen LogP contribution in [-0.2, 0) is 16.0 Å². The predicted octanol–water partition coefficient (Wildman–Crippen LogP) is 10.1. The van der Waals surface area contributed by atoms with Crippen LogP contribution in [0, 0.1) is 0 Å². The second kappa shape index (κ2) is 16.6. The molecule has 0 heterocycles. The summed E-state index contributed by atoms with van der Waals surface area (Å²) in [5.74, 6) is 1.24. The standard InChI is InChI=1S/C39H37ClO8/c1-4-5-6-10-13-34(41)47-36-32-23-14-27(40)25-33(32)37(48-35(42)24-26-11-8-7-9-12-26)39(46-31-21-17-29(44-3)18-22-31)38(36)45-30-19-15-28(43-2)16-20-30/h7-9,11-12,14-23,25H,4-6,10,13,24H2,1-3H3. The number of carbonyl (C=O) groups is 2. The molecule has 0 aliphatic carbocycles. The van der Waals surface area contributed by atoms with E-state index >= 15 is 0 Å². The second-order valence-corrected chi connectivity index (χ2v) is 11.4. The first-order chi connectivity index (χ1) is 23.4. The molecule has 8 nitrogen and oxygen atoms in total. The van der Waals surface area contributed by atoms with E-state index in [9.17, 15) is 9.59 Å². The summed E-state index contributed by atoms with van der Waals surface area (Å²) in [7, 11) is 3.14. The van der Waals surface area contributed by atoms with Crippen LogP contribution in [-0.4, -0.2) is 26.2 Å². The highest BCUT2D eigenvalue weighted by molar-refractivity contribution is 6.31. The maximum Gasteiger partial charge on any atom is 0.315 e. The van der Waals surface area contributed by atoms with Gasteiger partial charge in [-0.3, -0.25) is 9.59 Å². The fourth-order valence-electron chi connectivity index (χ4n) is 5.04. The first kappa shape index (κ1) is 34.1. The number of unbranched alkanes of at least 4 members (excludes halogenated alkanes) is 3. The van der Waals surface area contributed by atoms with Gasteiger partial charge in [0.1, 0.15) is 23.0 Å². The Kier molecular flexibility index (Phi) is 11.8. The molecule has 0 bridgehead atoms. The maximum absolute atomic E-state index is 13.5. The summed E-state index contributed by atoms with van der Waals surface area (Å²) in [6.45, 7) is 2.11. The van der Waals surface area contributed by atoms with Gasteiger partial charge in [-0.1, -0.05) is 68.1 Å². The Balaban J connectivity index is 1.70. The van der Waals surface area contributed by atoms with E-state index in [4.69, 9.17) is 40.0 Å². The average molecular weight is 669 g/mol. The van der Waals surface area contributed by atoms with Gasteiger partial charge in [0.2, 0.25) is 11.5 Å². The van der Waals surface area contributed by atoms with Crippen LogP contribution in [0.25, 0.3) is 10.8 Å². The lowest BCUT2D eigenvalue weighted by atomic mass is 10.1. The highest BCUT2D eigenvalue weighted by Gasteiger charge is 2.29. The number of rotatable bonds is 15. The molecule has 0 aromatic heterocycles. The lowest BCUT2D eigenvalue weighted by Gasteiger charge is -2.22. The summed E-state index contributed by atoms with van der Waals surface area (Å²) in [4.78, 5) is 26.8. The van der Waals surface area contributed by atoms with E-state index in [1.54, 1.807) is 80.9 Å². The quantitative estimate of drug-likeness (QED) is 0.0618. The average Bonchev–Trinajstić information content (AvgIpc) is 3.10. The van der Waals surface area contributed by atoms with Crippen molar-refractivity contribution in [2.24, 2.45) is 0 Å². The SMILES string of the molecule is CCCCCCC(=O)Oc1c(Oc2ccc(OC)cc2)c(Oc2ccc(OC)cc2)c(OC(=O)Cc2ccccc2)c2cc(Cl)ccc12. The Labute approximate surface area is 285 Å². The molecule has 248 valence electrons. The zero-order valence-corrected chi connectivity index (χ0v) is 27.9. The Morgan fingerprint density at radius 2 is 1.12 bits per heavy atom. The number of esters is 2. The Bertz CT molecular complexity index is 1840. The molecule has 0 saturated carbocycles. The monoisotopic (exact) mass is 668 g/mol. The minimum absolute atomic E-state index is 0.00591. The van der Waals surface area contributed by atoms with E-state index in [1.165, 1.54) is 0 Å². The third-order valence-corrected chi connectivity index (χ3v) is 7.74. The van der Waals surface area contributed by atoms with E-state index in [0.29, 0.717) is 45.2 Å². The molecule has 0 spiro atoms. The van der Waals surface area contributed by atoms with Crippen molar-refractivity contribution in [1.82, 2.24) is 0 Å². The molecule has 5 rings (SSSR count). The Morgan fingerprint density at radius 3 is 1.69 bits per heavy atom. The van der Waals surface area contributed by atoms with Gasteiger partial charge >= 0.3 is 11.9 Å². The number of methoxy groups -OCH3 is 2. The summed E-state index contributed by atoms with van der Waals surface area (Å²) < 4.78 is 35.8. The third kappa shape index (κ3) is 8.77. The molecule has 0 saturated heterocycles. The van der Waals surface area contributed by atoms with Crippen molar-refractivity contribution in [2.45, 2.75) is 45.4 Å². The number of ether oxygens (including phenoxy) is 6. The van der Waals surface area contributed by atoms with Crippen LogP contribution < -0.4 is 28.4 Å². The van der Waals surface area contributed by atoms with Crippen LogP contribution in [0.4, 0.5) is 0 Å². The van der Waals surface area contributed by atoms with Gasteiger partial charge in [0, 0.05) is 22.2 Å². The van der Waals surface area contributed by atoms with E-state index in [2.05, 4.69) is 6.92 Å². The van der Waals surface area contributed by atoms with Gasteiger partial charge in [-0.05, 0) is 78.7 Å². The number of fused-ring (bicyclic) bond motifs is 1. The van der Waals surface area contributed by atoms with Crippen molar-refractivity contribution in [2.75, 3.05) is 14.2 Å². The predicted molar refractivity (Wildman–Crippen MR) is 185 cm³/mol. The highest BCUT2D eigenvalue weighted by Crippen LogP contribution is 2.54. The smallest absolute Gasteiger partial charge is 0.315 e. The summed E-state index contributed by atoms with van der Waals surface area (Å²) in [6, 6.07) is 28.0. The zero-order chi connectivity index (χ0) is 33.9. The molecule has 0 atom stereocenters. The van der Waals surface area contributed by atoms with E-state index in [0.717, 1.165) is 24.8 Å². The van der Waals surface area contributed by atoms with E-state index < -0.39 is 11.9 Å². The largest absolute Gasteiger partial charge is 0.497 e. The first-order valence-corrected chi connectivity index (χ1v) is 16.1. The van der Waals surface area contributed by atoms with Crippen molar-refractivity contribution in [3.63, 3.8) is 0 Å². The first-order valence-electron chi connectivity index (χ1n) is 15.8. The van der Waals surface area contributed by atoms with Crippen LogP contribution >= 0.6 is 11.6 Å². The fourth-order valence-corrected chi connectivity index (χ4v) is 5.21. The molecular formula is C39H37ClO8. The molecule has 0 unspecified atom stereocenters. The van der Waals surface area contributed by atoms with Gasteiger partial charge in [0.15, 0.2) is 11.5 Å². The molecule has 0 aliphatic rings. The zero-order valence-electron chi connectivity index (χ0n) is 27.1. The van der Waals surface area contributed by atoms with Gasteiger partial charge in [-0.25, -0.2) is 0 Å². The van der Waals surface area contributed by atoms with Crippen molar-refractivity contribution in [1.29, 1.82) is 0 Å². The number of hydrogen-bond donors (Lipinski definition) is 0. The minimum Gasteiger partial charge on any atom is -0.497 e. The summed E-state index contributed by atoms with van der Waals surface area (Å²) in [5, 5.41) is 1.21. The van der Waals surface area contributed by atoms with Gasteiger partial charge in [-0.15, -0.1) is 0 Å². The normalized spacial score (nSPS) is 10.8. The molecule has 9 heteroatoms. The van der Waals surface area contributed by atoms with Crippen molar-refractivity contribution < 1.29 is 38.0 Å². The van der Waals surface area contributed by atoms with E-state index in [-0.39, 0.29) is 35.8 Å². The molecule has 0 N–H and O–H groups in total. The van der Waals surface area contributed by atoms with Crippen molar-refractivity contribution in [3.05, 3.63) is 108 Å². The van der Waals surface area contributed by atoms with Crippen LogP contribution in [0.5, 0.6) is 46.0 Å². The minimum atomic E-state index is -0.543. The van der Waals surface area contributed by atoms with E-state index in [1.807, 2.05) is 30.3 Å². The van der Waals surface area contributed by atoms with Crippen molar-refractivity contribution >= 4 is 34.3 Å². The molecule has 0 aliphatic heterocycles. The lowest BCUT2D eigenvalue weighted by Crippen LogP contribution is -2.14. The summed E-state index contributed by atoms with van der Waals surface area (Å²) >= 11 is 6.51. The molecule has 0 fully saturated rings. The second-order valence-electron chi connectivity index (χ2n) is 11.0. The van der Waals surface area contributed by atoms with Crippen LogP contribution in [0.3, 0.4) is 0 Å². The molecule has 0 radical (unpaired) electrons. The number of halogens is 1. The Morgan fingerprint density at radius 1 is 0.583 bits per heavy atom. The lowest BCUT2D eigenvalue weighted by molar-refractivity contribution is -0.135. The van der Waals surface area contributed by atoms with Crippen molar-refractivity contribution in [3.8, 4) is 46.0 Å². The van der Waals surface area contributed by atoms with Gasteiger partial charge in [-0.2, -0.15) is 0 Å². The number of benzene rings is 5. The van der Waals surface area contributed by atoms with Crippen LogP contribution in [0.1, 0.15) is 44.6 Å². The van der Waals surface area contributed by atoms with Gasteiger partial charge < -0.3 is 28.4 Å². The van der Waals surface area contributed by atoms with Gasteiger partial charge in [0.05, 0.1) is 20.6 Å².